The molecule has 94 valence electrons. The second-order valence-corrected chi connectivity index (χ2v) is 3.89. The molecule has 0 spiro atoms. The summed E-state index contributed by atoms with van der Waals surface area (Å²) in [6, 6.07) is 8.99. The first kappa shape index (κ1) is 12.6. The summed E-state index contributed by atoms with van der Waals surface area (Å²) in [5, 5.41) is 12.7. The number of hydrogen-bond donors (Lipinski definition) is 2. The molecule has 0 radical (unpaired) electrons. The van der Waals surface area contributed by atoms with E-state index in [9.17, 15) is 0 Å². The average molecular weight is 266 g/mol. The van der Waals surface area contributed by atoms with E-state index in [4.69, 9.17) is 27.0 Å². The van der Waals surface area contributed by atoms with Gasteiger partial charge >= 0.3 is 0 Å². The van der Waals surface area contributed by atoms with E-state index in [2.05, 4.69) is 10.1 Å². The molecule has 5 nitrogen and oxygen atoms in total. The predicted octanol–water partition coefficient (Wildman–Crippen LogP) is 2.06. The van der Waals surface area contributed by atoms with E-state index in [1.165, 1.54) is 0 Å². The molecule has 1 aromatic carbocycles. The molecule has 0 fully saturated rings. The van der Waals surface area contributed by atoms with Gasteiger partial charge < -0.3 is 15.4 Å². The number of alkyl halides is 1. The van der Waals surface area contributed by atoms with E-state index in [1.807, 2.05) is 24.3 Å². The van der Waals surface area contributed by atoms with Gasteiger partial charge in [-0.25, -0.2) is 4.99 Å². The van der Waals surface area contributed by atoms with Gasteiger partial charge in [-0.3, -0.25) is 0 Å². The highest BCUT2D eigenvalue weighted by molar-refractivity contribution is 6.28. The summed E-state index contributed by atoms with van der Waals surface area (Å²) >= 11 is 5.55. The minimum atomic E-state index is -0.165. The molecule has 1 aromatic heterocycles. The number of benzene rings is 1. The van der Waals surface area contributed by atoms with Gasteiger partial charge in [0.25, 0.3) is 0 Å². The van der Waals surface area contributed by atoms with E-state index >= 15 is 0 Å². The molecule has 0 amide bonds. The second kappa shape index (κ2) is 5.66. The van der Waals surface area contributed by atoms with Crippen molar-refractivity contribution in [1.29, 1.82) is 0 Å². The quantitative estimate of drug-likeness (QED) is 0.503. The summed E-state index contributed by atoms with van der Waals surface area (Å²) < 4.78 is 4.92. The first-order valence-electron chi connectivity index (χ1n) is 5.29. The van der Waals surface area contributed by atoms with Gasteiger partial charge in [0, 0.05) is 11.6 Å². The van der Waals surface area contributed by atoms with Crippen molar-refractivity contribution < 1.29 is 9.63 Å². The lowest BCUT2D eigenvalue weighted by atomic mass is 10.1. The molecule has 0 atom stereocenters. The topological polar surface area (TPSA) is 84.6 Å². The molecule has 0 saturated heterocycles. The smallest absolute Gasteiger partial charge is 0.162 e. The van der Waals surface area contributed by atoms with Gasteiger partial charge in [-0.05, 0) is 12.1 Å². The number of aliphatic hydroxyl groups excluding tert-OH is 1. The second-order valence-electron chi connectivity index (χ2n) is 3.62. The SMILES string of the molecule is NC(CCl)=Nc1ccc(-c2cc(CO)on2)cc1. The van der Waals surface area contributed by atoms with Crippen LogP contribution in [0.25, 0.3) is 11.3 Å². The Morgan fingerprint density at radius 3 is 2.67 bits per heavy atom. The summed E-state index contributed by atoms with van der Waals surface area (Å²) in [6.07, 6.45) is 0. The number of amidine groups is 1. The number of aliphatic imine (C=N–C) groups is 1. The molecular weight excluding hydrogens is 254 g/mol. The van der Waals surface area contributed by atoms with Crippen LogP contribution in [0.15, 0.2) is 39.8 Å². The lowest BCUT2D eigenvalue weighted by molar-refractivity contribution is 0.229. The van der Waals surface area contributed by atoms with E-state index in [-0.39, 0.29) is 12.5 Å². The van der Waals surface area contributed by atoms with E-state index in [1.54, 1.807) is 6.07 Å². The largest absolute Gasteiger partial charge is 0.388 e. The Bertz CT molecular complexity index is 549. The zero-order valence-corrected chi connectivity index (χ0v) is 10.3. The fourth-order valence-electron chi connectivity index (χ4n) is 1.43. The summed E-state index contributed by atoms with van der Waals surface area (Å²) in [5.74, 6) is 0.997. The summed E-state index contributed by atoms with van der Waals surface area (Å²) in [4.78, 5) is 4.11. The molecule has 3 N–H and O–H groups in total. The maximum atomic E-state index is 8.89. The van der Waals surface area contributed by atoms with Crippen LogP contribution >= 0.6 is 11.6 Å². The van der Waals surface area contributed by atoms with E-state index in [0.717, 1.165) is 11.3 Å². The Morgan fingerprint density at radius 1 is 1.39 bits per heavy atom. The van der Waals surface area contributed by atoms with Crippen molar-refractivity contribution in [3.63, 3.8) is 0 Å². The maximum Gasteiger partial charge on any atom is 0.162 e. The van der Waals surface area contributed by atoms with Crippen LogP contribution in [0.4, 0.5) is 5.69 Å². The molecule has 18 heavy (non-hydrogen) atoms. The molecule has 1 heterocycles. The number of nitrogens with zero attached hydrogens (tertiary/aromatic N) is 2. The fourth-order valence-corrected chi connectivity index (χ4v) is 1.49. The van der Waals surface area contributed by atoms with Crippen molar-refractivity contribution in [2.45, 2.75) is 6.61 Å². The number of aromatic nitrogens is 1. The Labute approximate surface area is 109 Å². The minimum Gasteiger partial charge on any atom is -0.388 e. The van der Waals surface area contributed by atoms with Crippen molar-refractivity contribution >= 4 is 23.1 Å². The third-order valence-corrected chi connectivity index (χ3v) is 2.56. The highest BCUT2D eigenvalue weighted by Gasteiger charge is 2.05. The first-order valence-corrected chi connectivity index (χ1v) is 5.82. The maximum absolute atomic E-state index is 8.89. The van der Waals surface area contributed by atoms with Crippen LogP contribution in [0.2, 0.25) is 0 Å². The van der Waals surface area contributed by atoms with Crippen LogP contribution in [-0.4, -0.2) is 22.0 Å². The molecule has 2 rings (SSSR count). The van der Waals surface area contributed by atoms with Gasteiger partial charge in [-0.15, -0.1) is 11.6 Å². The van der Waals surface area contributed by atoms with Crippen molar-refractivity contribution in [2.24, 2.45) is 10.7 Å². The van der Waals surface area contributed by atoms with Crippen LogP contribution in [0.1, 0.15) is 5.76 Å². The molecule has 6 heteroatoms. The number of hydrogen-bond acceptors (Lipinski definition) is 4. The van der Waals surface area contributed by atoms with Gasteiger partial charge in [-0.1, -0.05) is 17.3 Å². The third-order valence-electron chi connectivity index (χ3n) is 2.29. The highest BCUT2D eigenvalue weighted by atomic mass is 35.5. The van der Waals surface area contributed by atoms with Crippen LogP contribution in [0, 0.1) is 0 Å². The monoisotopic (exact) mass is 265 g/mol. The highest BCUT2D eigenvalue weighted by Crippen LogP contribution is 2.22. The number of aliphatic hydroxyl groups is 1. The van der Waals surface area contributed by atoms with Crippen molar-refractivity contribution in [2.75, 3.05) is 5.88 Å². The number of rotatable bonds is 4. The van der Waals surface area contributed by atoms with Gasteiger partial charge in [0.05, 0.1) is 11.6 Å². The van der Waals surface area contributed by atoms with Gasteiger partial charge in [0.15, 0.2) is 5.76 Å². The van der Waals surface area contributed by atoms with Crippen molar-refractivity contribution in [3.05, 3.63) is 36.1 Å². The van der Waals surface area contributed by atoms with Crippen LogP contribution in [0.3, 0.4) is 0 Å². The summed E-state index contributed by atoms with van der Waals surface area (Å²) in [7, 11) is 0. The van der Waals surface area contributed by atoms with Crippen molar-refractivity contribution in [1.82, 2.24) is 5.16 Å². The van der Waals surface area contributed by atoms with Gasteiger partial charge in [-0.2, -0.15) is 0 Å². The lowest BCUT2D eigenvalue weighted by Gasteiger charge is -1.98. The molecule has 2 aromatic rings. The lowest BCUT2D eigenvalue weighted by Crippen LogP contribution is -2.12. The Hall–Kier alpha value is -1.85. The predicted molar refractivity (Wildman–Crippen MR) is 69.9 cm³/mol. The van der Waals surface area contributed by atoms with Gasteiger partial charge in [0.1, 0.15) is 18.1 Å². The average Bonchev–Trinajstić information content (AvgIpc) is 2.88. The van der Waals surface area contributed by atoms with Crippen LogP contribution < -0.4 is 5.73 Å². The molecule has 0 aliphatic rings. The summed E-state index contributed by atoms with van der Waals surface area (Å²) in [6.45, 7) is -0.165. The Balaban J connectivity index is 2.22. The molecule has 0 aliphatic carbocycles. The normalized spacial score (nSPS) is 11.8. The van der Waals surface area contributed by atoms with Crippen molar-refractivity contribution in [3.8, 4) is 11.3 Å². The van der Waals surface area contributed by atoms with E-state index in [0.29, 0.717) is 17.3 Å². The molecule has 0 saturated carbocycles. The fraction of sp³-hybridized carbons (Fsp3) is 0.167. The number of nitrogens with two attached hydrogens (primary N) is 1. The van der Waals surface area contributed by atoms with E-state index < -0.39 is 0 Å². The zero-order valence-electron chi connectivity index (χ0n) is 9.51. The molecule has 0 unspecified atom stereocenters. The zero-order chi connectivity index (χ0) is 13.0. The minimum absolute atomic E-state index is 0.165. The third kappa shape index (κ3) is 2.88. The Kier molecular flexibility index (Phi) is 3.96. The molecule has 0 bridgehead atoms. The van der Waals surface area contributed by atoms with Crippen LogP contribution in [0.5, 0.6) is 0 Å². The standard InChI is InChI=1S/C12H12ClN3O2/c13-6-12(14)15-9-3-1-8(2-4-9)11-5-10(7-17)18-16-11/h1-5,17H,6-7H2,(H2,14,15). The summed E-state index contributed by atoms with van der Waals surface area (Å²) in [5.41, 5.74) is 7.81. The van der Waals surface area contributed by atoms with Crippen LogP contribution in [-0.2, 0) is 6.61 Å². The Morgan fingerprint density at radius 2 is 2.11 bits per heavy atom. The van der Waals surface area contributed by atoms with Gasteiger partial charge in [0.2, 0.25) is 0 Å². The molecular formula is C12H12ClN3O2. The first-order chi connectivity index (χ1) is 8.72. The number of halogens is 1. The molecule has 0 aliphatic heterocycles.